The predicted molar refractivity (Wildman–Crippen MR) is 262 cm³/mol. The summed E-state index contributed by atoms with van der Waals surface area (Å²) in [4.78, 5) is 65.9. The van der Waals surface area contributed by atoms with Gasteiger partial charge in [0, 0.05) is 32.2 Å². The normalized spacial score (nSPS) is 35.8. The molecular formula is C56H83N3O11. The number of fused-ring (bicyclic) bond motifs is 6. The Bertz CT molecular complexity index is 2110. The second-order valence-corrected chi connectivity index (χ2v) is 24.2. The zero-order valence-corrected chi connectivity index (χ0v) is 43.4. The summed E-state index contributed by atoms with van der Waals surface area (Å²) in [6.07, 6.45) is 14.0. The third-order valence-electron chi connectivity index (χ3n) is 17.5. The van der Waals surface area contributed by atoms with Gasteiger partial charge in [-0.25, -0.2) is 0 Å². The number of hydroxylamine groups is 2. The van der Waals surface area contributed by atoms with Gasteiger partial charge in [0.1, 0.15) is 41.5 Å². The van der Waals surface area contributed by atoms with E-state index in [1.165, 1.54) is 18.4 Å². The summed E-state index contributed by atoms with van der Waals surface area (Å²) in [6, 6.07) is 5.81. The van der Waals surface area contributed by atoms with Crippen LogP contribution < -0.4 is 5.32 Å². The van der Waals surface area contributed by atoms with Gasteiger partial charge in [-0.1, -0.05) is 89.3 Å². The molecule has 2 amide bonds. The topological polar surface area (TPSA) is 166 Å². The fraction of sp³-hybridized carbons (Fsp3) is 0.786. The zero-order valence-electron chi connectivity index (χ0n) is 43.4. The number of carbonyl (C=O) groups is 4. The van der Waals surface area contributed by atoms with Gasteiger partial charge in [0.2, 0.25) is 11.8 Å². The quantitative estimate of drug-likeness (QED) is 0.0820. The minimum atomic E-state index is -1.43. The number of carbonyl (C=O) groups excluding carboxylic acids is 4. The highest BCUT2D eigenvalue weighted by Crippen LogP contribution is 2.61. The lowest BCUT2D eigenvalue weighted by atomic mass is 9.52. The van der Waals surface area contributed by atoms with E-state index in [4.69, 9.17) is 28.5 Å². The third kappa shape index (κ3) is 10.1. The highest BCUT2D eigenvalue weighted by Gasteiger charge is 2.77. The van der Waals surface area contributed by atoms with Gasteiger partial charge >= 0.3 is 11.9 Å². The summed E-state index contributed by atoms with van der Waals surface area (Å²) in [5.74, 6) is -1.39. The molecule has 5 aliphatic heterocycles. The molecular weight excluding hydrogens is 891 g/mol. The van der Waals surface area contributed by atoms with E-state index in [-0.39, 0.29) is 43.9 Å². The van der Waals surface area contributed by atoms with Crippen LogP contribution in [0, 0.1) is 22.7 Å². The van der Waals surface area contributed by atoms with E-state index in [0.29, 0.717) is 55.6 Å². The molecule has 5 saturated heterocycles. The van der Waals surface area contributed by atoms with Gasteiger partial charge in [0.05, 0.1) is 30.9 Å². The van der Waals surface area contributed by atoms with Crippen molar-refractivity contribution in [3.05, 3.63) is 41.0 Å². The van der Waals surface area contributed by atoms with Gasteiger partial charge in [0.15, 0.2) is 11.8 Å². The molecule has 1 aromatic rings. The first-order chi connectivity index (χ1) is 33.3. The first-order valence-corrected chi connectivity index (χ1v) is 27.2. The summed E-state index contributed by atoms with van der Waals surface area (Å²) in [5.41, 5.74) is 1.83. The van der Waals surface area contributed by atoms with Crippen molar-refractivity contribution in [3.8, 4) is 0 Å². The van der Waals surface area contributed by atoms with Gasteiger partial charge < -0.3 is 39.0 Å². The highest BCUT2D eigenvalue weighted by atomic mass is 16.8. The Labute approximate surface area is 416 Å². The molecule has 3 aliphatic carbocycles. The van der Waals surface area contributed by atoms with Crippen LogP contribution in [0.3, 0.4) is 0 Å². The lowest BCUT2D eigenvalue weighted by molar-refractivity contribution is -0.225. The average Bonchev–Trinajstić information content (AvgIpc) is 3.68. The molecule has 0 aromatic heterocycles. The van der Waals surface area contributed by atoms with E-state index < -0.39 is 77.2 Å². The molecule has 5 heterocycles. The number of amides is 2. The SMILES string of the molecule is CCCCCC1(CCCCC)O[C@@H]2[C@H]3ON(Cc4ccc(C=C5CCC6O[C@]6(C)CC[C@@H]6[C@@H]5CC6(C)C)cc4)[C@H]4C(=O)OC(CC34C(=O)N3CCC[C@@H]3C(=O)N[C@H](CO)CCC(=O)OC(C)(C)C)[C@@H]2O1. The number of aliphatic hydroxyl groups excluding tert-OH is 1. The van der Waals surface area contributed by atoms with Crippen molar-refractivity contribution in [2.24, 2.45) is 22.7 Å². The molecule has 3 saturated carbocycles. The number of rotatable bonds is 18. The van der Waals surface area contributed by atoms with E-state index in [9.17, 15) is 19.5 Å². The highest BCUT2D eigenvalue weighted by molar-refractivity contribution is 5.96. The molecule has 2 bridgehead atoms. The Morgan fingerprint density at radius 2 is 1.66 bits per heavy atom. The first kappa shape index (κ1) is 51.5. The summed E-state index contributed by atoms with van der Waals surface area (Å²) in [5, 5.41) is 14.9. The van der Waals surface area contributed by atoms with Gasteiger partial charge in [-0.2, -0.15) is 5.06 Å². The second kappa shape index (κ2) is 20.1. The number of benzene rings is 1. The van der Waals surface area contributed by atoms with Gasteiger partial charge in [-0.05, 0) is 120 Å². The number of ether oxygens (including phenoxy) is 5. The summed E-state index contributed by atoms with van der Waals surface area (Å²) >= 11 is 0. The van der Waals surface area contributed by atoms with E-state index in [2.05, 4.69) is 70.3 Å². The van der Waals surface area contributed by atoms with Gasteiger partial charge in [0.25, 0.3) is 0 Å². The van der Waals surface area contributed by atoms with Crippen molar-refractivity contribution in [3.63, 3.8) is 0 Å². The smallest absolute Gasteiger partial charge is 0.327 e. The predicted octanol–water partition coefficient (Wildman–Crippen LogP) is 8.49. The Morgan fingerprint density at radius 3 is 2.33 bits per heavy atom. The van der Waals surface area contributed by atoms with Crippen LogP contribution in [0.4, 0.5) is 0 Å². The molecule has 3 unspecified atom stereocenters. The zero-order chi connectivity index (χ0) is 49.8. The largest absolute Gasteiger partial charge is 0.460 e. The maximum absolute atomic E-state index is 15.8. The Hall–Kier alpha value is -3.40. The van der Waals surface area contributed by atoms with Crippen LogP contribution in [0.15, 0.2) is 29.8 Å². The van der Waals surface area contributed by atoms with Crippen LogP contribution in [-0.4, -0.2) is 118 Å². The third-order valence-corrected chi connectivity index (χ3v) is 17.5. The van der Waals surface area contributed by atoms with Crippen LogP contribution in [0.1, 0.15) is 182 Å². The van der Waals surface area contributed by atoms with Crippen LogP contribution >= 0.6 is 0 Å². The maximum Gasteiger partial charge on any atom is 0.327 e. The summed E-state index contributed by atoms with van der Waals surface area (Å²) < 4.78 is 32.2. The molecule has 8 aliphatic rings. The maximum atomic E-state index is 15.8. The molecule has 0 radical (unpaired) electrons. The van der Waals surface area contributed by atoms with Crippen molar-refractivity contribution in [2.45, 2.75) is 243 Å². The molecule has 8 fully saturated rings. The Morgan fingerprint density at radius 1 is 0.943 bits per heavy atom. The molecule has 1 aromatic carbocycles. The number of hydrogen-bond acceptors (Lipinski definition) is 12. The lowest BCUT2D eigenvalue weighted by Crippen LogP contribution is -2.70. The number of epoxide rings is 1. The molecule has 14 heteroatoms. The Balaban J connectivity index is 0.985. The number of nitrogens with zero attached hydrogens (tertiary/aromatic N) is 2. The van der Waals surface area contributed by atoms with Crippen molar-refractivity contribution in [1.29, 1.82) is 0 Å². The van der Waals surface area contributed by atoms with Crippen molar-refractivity contribution in [1.82, 2.24) is 15.3 Å². The van der Waals surface area contributed by atoms with Crippen molar-refractivity contribution in [2.75, 3.05) is 13.2 Å². The number of likely N-dealkylation sites (tertiary alicyclic amines) is 1. The van der Waals surface area contributed by atoms with Crippen LogP contribution in [0.2, 0.25) is 0 Å². The van der Waals surface area contributed by atoms with E-state index >= 15 is 4.79 Å². The van der Waals surface area contributed by atoms with E-state index in [1.807, 2.05) is 0 Å². The second-order valence-electron chi connectivity index (χ2n) is 24.2. The minimum Gasteiger partial charge on any atom is -0.460 e. The number of aliphatic hydroxyl groups is 1. The molecule has 2 N–H and O–H groups in total. The molecule has 70 heavy (non-hydrogen) atoms. The number of allylic oxidation sites excluding steroid dienone is 1. The van der Waals surface area contributed by atoms with Crippen LogP contribution in [0.5, 0.6) is 0 Å². The molecule has 12 atom stereocenters. The number of hydrogen-bond donors (Lipinski definition) is 2. The monoisotopic (exact) mass is 974 g/mol. The standard InChI is InChI=1S/C56H83N3O11/c1-9-11-13-26-55(27-14-12-10-2)68-45-42-32-56(51(64)58-29-15-16-41(58)49(62)57-38(34-60)22-24-44(61)67-52(3,4)5)47(50(63)65-42)59(70-48(56)46(45)69-55)33-36-19-17-35(18-20-36)30-37-21-23-43-54(8,66-43)28-25-40-39(37)31-53(40,6)7/h17-20,30,38-43,45-48,60H,9-16,21-29,31-34H2,1-8H3,(H,57,62)/t38-,39+,40+,41+,42?,43?,45-,46-,47-,48+,54+,56?/m0/s1. The molecule has 0 spiro atoms. The number of esters is 2. The van der Waals surface area contributed by atoms with Crippen LogP contribution in [0.25, 0.3) is 6.08 Å². The van der Waals surface area contributed by atoms with Crippen LogP contribution in [-0.2, 0) is 54.2 Å². The number of nitrogens with one attached hydrogen (secondary N) is 1. The van der Waals surface area contributed by atoms with Crippen molar-refractivity contribution < 1.29 is 52.8 Å². The van der Waals surface area contributed by atoms with E-state index in [1.54, 1.807) is 30.7 Å². The lowest BCUT2D eigenvalue weighted by Gasteiger charge is -2.53. The molecule has 14 nitrogen and oxygen atoms in total. The average molecular weight is 974 g/mol. The van der Waals surface area contributed by atoms with Gasteiger partial charge in [-0.15, -0.1) is 0 Å². The summed E-state index contributed by atoms with van der Waals surface area (Å²) in [7, 11) is 0. The first-order valence-electron chi connectivity index (χ1n) is 27.2. The van der Waals surface area contributed by atoms with E-state index in [0.717, 1.165) is 68.9 Å². The molecule has 9 rings (SSSR count). The number of unbranched alkanes of at least 4 members (excludes halogenated alkanes) is 4. The fourth-order valence-electron chi connectivity index (χ4n) is 13.7. The fourth-order valence-corrected chi connectivity index (χ4v) is 13.7. The molecule has 388 valence electrons. The minimum absolute atomic E-state index is 0.0118. The Kier molecular flexibility index (Phi) is 14.8. The van der Waals surface area contributed by atoms with Gasteiger partial charge in [-0.3, -0.25) is 24.0 Å². The van der Waals surface area contributed by atoms with Crippen molar-refractivity contribution >= 4 is 29.8 Å². The summed E-state index contributed by atoms with van der Waals surface area (Å²) in [6.45, 7) is 17.0.